The summed E-state index contributed by atoms with van der Waals surface area (Å²) < 4.78 is 10.6. The van der Waals surface area contributed by atoms with Gasteiger partial charge in [0.25, 0.3) is 0 Å². The summed E-state index contributed by atoms with van der Waals surface area (Å²) in [4.78, 5) is 37.5. The van der Waals surface area contributed by atoms with E-state index in [0.29, 0.717) is 12.1 Å². The van der Waals surface area contributed by atoms with Crippen LogP contribution in [0.3, 0.4) is 0 Å². The van der Waals surface area contributed by atoms with E-state index in [4.69, 9.17) is 4.74 Å². The quantitative estimate of drug-likeness (QED) is 0.399. The summed E-state index contributed by atoms with van der Waals surface area (Å²) in [6.45, 7) is 9.22. The highest BCUT2D eigenvalue weighted by Crippen LogP contribution is 2.16. The lowest BCUT2D eigenvalue weighted by atomic mass is 10.1. The summed E-state index contributed by atoms with van der Waals surface area (Å²) in [5.41, 5.74) is 4.00. The standard InChI is InChI=1S/C23H29N3O4/c1-5-12-25-19-9-7-8-10-20(19)26(23(25)29)13-11-22(28)30-15-21(27)18-14-16(3)24(6-2)17(18)4/h7-10,14H,5-6,11-13,15H2,1-4H3. The maximum atomic E-state index is 12.8. The van der Waals surface area contributed by atoms with E-state index in [2.05, 4.69) is 0 Å². The second-order valence-electron chi connectivity index (χ2n) is 7.44. The van der Waals surface area contributed by atoms with Gasteiger partial charge >= 0.3 is 11.7 Å². The predicted octanol–water partition coefficient (Wildman–Crippen LogP) is 3.47. The molecule has 0 unspecified atom stereocenters. The van der Waals surface area contributed by atoms with Crippen molar-refractivity contribution in [3.8, 4) is 0 Å². The van der Waals surface area contributed by atoms with E-state index in [9.17, 15) is 14.4 Å². The number of hydrogen-bond donors (Lipinski definition) is 0. The molecule has 0 atom stereocenters. The Labute approximate surface area is 175 Å². The van der Waals surface area contributed by atoms with Crippen molar-refractivity contribution in [1.82, 2.24) is 13.7 Å². The molecule has 7 heteroatoms. The average molecular weight is 412 g/mol. The number of rotatable bonds is 9. The lowest BCUT2D eigenvalue weighted by Crippen LogP contribution is -2.25. The normalized spacial score (nSPS) is 11.2. The predicted molar refractivity (Wildman–Crippen MR) is 116 cm³/mol. The van der Waals surface area contributed by atoms with Crippen molar-refractivity contribution in [3.05, 3.63) is 57.8 Å². The Hall–Kier alpha value is -3.09. The minimum Gasteiger partial charge on any atom is -0.457 e. The van der Waals surface area contributed by atoms with Gasteiger partial charge in [0, 0.05) is 36.6 Å². The van der Waals surface area contributed by atoms with E-state index in [1.807, 2.05) is 62.6 Å². The lowest BCUT2D eigenvalue weighted by molar-refractivity contribution is -0.142. The van der Waals surface area contributed by atoms with Crippen LogP contribution in [0, 0.1) is 13.8 Å². The Morgan fingerprint density at radius 2 is 1.60 bits per heavy atom. The monoisotopic (exact) mass is 411 g/mol. The van der Waals surface area contributed by atoms with E-state index >= 15 is 0 Å². The molecule has 30 heavy (non-hydrogen) atoms. The third-order valence-corrected chi connectivity index (χ3v) is 5.47. The fourth-order valence-electron chi connectivity index (χ4n) is 4.00. The third kappa shape index (κ3) is 4.10. The Bertz CT molecular complexity index is 1130. The summed E-state index contributed by atoms with van der Waals surface area (Å²) in [5, 5.41) is 0. The molecule has 0 radical (unpaired) electrons. The van der Waals surface area contributed by atoms with Crippen molar-refractivity contribution in [2.24, 2.45) is 0 Å². The zero-order valence-corrected chi connectivity index (χ0v) is 18.1. The molecule has 1 aromatic carbocycles. The number of imidazole rings is 1. The number of esters is 1. The van der Waals surface area contributed by atoms with Crippen LogP contribution in [0.25, 0.3) is 11.0 Å². The molecule has 0 aliphatic rings. The number of ketones is 1. The largest absolute Gasteiger partial charge is 0.457 e. The van der Waals surface area contributed by atoms with Gasteiger partial charge in [-0.05, 0) is 45.4 Å². The van der Waals surface area contributed by atoms with Crippen molar-refractivity contribution in [3.63, 3.8) is 0 Å². The van der Waals surface area contributed by atoms with Crippen LogP contribution in [0.4, 0.5) is 0 Å². The van der Waals surface area contributed by atoms with E-state index in [0.717, 1.165) is 35.4 Å². The zero-order chi connectivity index (χ0) is 21.8. The van der Waals surface area contributed by atoms with Crippen LogP contribution in [0.2, 0.25) is 0 Å². The molecule has 2 heterocycles. The van der Waals surface area contributed by atoms with Crippen molar-refractivity contribution < 1.29 is 14.3 Å². The first kappa shape index (κ1) is 21.6. The van der Waals surface area contributed by atoms with Gasteiger partial charge in [0.05, 0.1) is 17.5 Å². The molecule has 0 spiro atoms. The van der Waals surface area contributed by atoms with Crippen LogP contribution in [-0.4, -0.2) is 32.1 Å². The van der Waals surface area contributed by atoms with Gasteiger partial charge in [-0.3, -0.25) is 18.7 Å². The molecule has 3 aromatic rings. The van der Waals surface area contributed by atoms with Crippen molar-refractivity contribution >= 4 is 22.8 Å². The van der Waals surface area contributed by atoms with Gasteiger partial charge in [0.2, 0.25) is 5.78 Å². The SMILES string of the molecule is CCCn1c(=O)n(CCC(=O)OCC(=O)c2cc(C)n(CC)c2C)c2ccccc21. The molecule has 0 bridgehead atoms. The molecule has 0 aliphatic carbocycles. The molecule has 0 aliphatic heterocycles. The molecule has 0 N–H and O–H groups in total. The summed E-state index contributed by atoms with van der Waals surface area (Å²) in [6, 6.07) is 9.39. The molecule has 2 aromatic heterocycles. The number of para-hydroxylation sites is 2. The second kappa shape index (κ2) is 9.15. The molecule has 0 saturated carbocycles. The number of fused-ring (bicyclic) bond motifs is 1. The molecule has 0 amide bonds. The number of benzene rings is 1. The molecule has 7 nitrogen and oxygen atoms in total. The minimum atomic E-state index is -0.494. The molecule has 0 saturated heterocycles. The smallest absolute Gasteiger partial charge is 0.329 e. The van der Waals surface area contributed by atoms with Gasteiger partial charge < -0.3 is 9.30 Å². The summed E-state index contributed by atoms with van der Waals surface area (Å²) >= 11 is 0. The molecular weight excluding hydrogens is 382 g/mol. The van der Waals surface area contributed by atoms with Crippen molar-refractivity contribution in [2.75, 3.05) is 6.61 Å². The number of nitrogens with zero attached hydrogens (tertiary/aromatic N) is 3. The van der Waals surface area contributed by atoms with Crippen LogP contribution in [0.1, 0.15) is 48.4 Å². The number of carbonyl (C=O) groups is 2. The number of hydrogen-bond acceptors (Lipinski definition) is 4. The zero-order valence-electron chi connectivity index (χ0n) is 18.1. The first-order valence-electron chi connectivity index (χ1n) is 10.4. The molecule has 0 fully saturated rings. The molecule has 160 valence electrons. The maximum absolute atomic E-state index is 12.8. The fraction of sp³-hybridized carbons (Fsp3) is 0.435. The highest BCUT2D eigenvalue weighted by molar-refractivity contribution is 5.99. The molecule has 3 rings (SSSR count). The topological polar surface area (TPSA) is 75.2 Å². The van der Waals surface area contributed by atoms with Crippen LogP contribution in [0.15, 0.2) is 35.1 Å². The number of aromatic nitrogens is 3. The van der Waals surface area contributed by atoms with Crippen molar-refractivity contribution in [1.29, 1.82) is 0 Å². The fourth-order valence-corrected chi connectivity index (χ4v) is 4.00. The van der Waals surface area contributed by atoms with E-state index in [-0.39, 0.29) is 31.0 Å². The summed E-state index contributed by atoms with van der Waals surface area (Å²) in [7, 11) is 0. The Balaban J connectivity index is 1.65. The minimum absolute atomic E-state index is 0.0291. The van der Waals surface area contributed by atoms with Crippen LogP contribution >= 0.6 is 0 Å². The maximum Gasteiger partial charge on any atom is 0.329 e. The van der Waals surface area contributed by atoms with E-state index in [1.165, 1.54) is 0 Å². The Kier molecular flexibility index (Phi) is 6.59. The number of carbonyl (C=O) groups excluding carboxylic acids is 2. The van der Waals surface area contributed by atoms with E-state index < -0.39 is 5.97 Å². The van der Waals surface area contributed by atoms with Gasteiger partial charge in [-0.15, -0.1) is 0 Å². The second-order valence-corrected chi connectivity index (χ2v) is 7.44. The van der Waals surface area contributed by atoms with Crippen LogP contribution < -0.4 is 5.69 Å². The van der Waals surface area contributed by atoms with Gasteiger partial charge in [0.1, 0.15) is 0 Å². The van der Waals surface area contributed by atoms with Crippen LogP contribution in [-0.2, 0) is 29.2 Å². The number of Topliss-reactive ketones (excluding diaryl/α,β-unsaturated/α-hetero) is 1. The highest BCUT2D eigenvalue weighted by atomic mass is 16.5. The highest BCUT2D eigenvalue weighted by Gasteiger charge is 2.18. The van der Waals surface area contributed by atoms with Gasteiger partial charge in [-0.1, -0.05) is 19.1 Å². The lowest BCUT2D eigenvalue weighted by Gasteiger charge is -2.07. The average Bonchev–Trinajstić information content (AvgIpc) is 3.17. The third-order valence-electron chi connectivity index (χ3n) is 5.47. The van der Waals surface area contributed by atoms with E-state index in [1.54, 1.807) is 9.13 Å². The number of aryl methyl sites for hydroxylation is 3. The van der Waals surface area contributed by atoms with Crippen molar-refractivity contribution in [2.45, 2.75) is 60.2 Å². The van der Waals surface area contributed by atoms with Gasteiger partial charge in [0.15, 0.2) is 6.61 Å². The summed E-state index contributed by atoms with van der Waals surface area (Å²) in [5.74, 6) is -0.709. The Morgan fingerprint density at radius 1 is 0.967 bits per heavy atom. The first-order chi connectivity index (χ1) is 14.4. The first-order valence-corrected chi connectivity index (χ1v) is 10.4. The van der Waals surface area contributed by atoms with Gasteiger partial charge in [-0.2, -0.15) is 0 Å². The Morgan fingerprint density at radius 3 is 2.17 bits per heavy atom. The van der Waals surface area contributed by atoms with Crippen LogP contribution in [0.5, 0.6) is 0 Å². The number of ether oxygens (including phenoxy) is 1. The molecular formula is C23H29N3O4. The van der Waals surface area contributed by atoms with Gasteiger partial charge in [-0.25, -0.2) is 4.79 Å². The summed E-state index contributed by atoms with van der Waals surface area (Å²) in [6.07, 6.45) is 0.873.